The van der Waals surface area contributed by atoms with Gasteiger partial charge in [0.05, 0.1) is 24.6 Å². The van der Waals surface area contributed by atoms with Crippen molar-refractivity contribution in [3.05, 3.63) is 78.6 Å². The molecule has 0 aliphatic heterocycles. The number of furan rings is 1. The molecule has 1 aromatic carbocycles. The fraction of sp³-hybridized carbons (Fsp3) is 0.100. The van der Waals surface area contributed by atoms with Gasteiger partial charge in [0.25, 0.3) is 5.91 Å². The zero-order valence-corrected chi connectivity index (χ0v) is 14.6. The molecule has 0 spiro atoms. The van der Waals surface area contributed by atoms with Gasteiger partial charge in [0, 0.05) is 24.1 Å². The third-order valence-corrected chi connectivity index (χ3v) is 3.99. The molecule has 27 heavy (non-hydrogen) atoms. The summed E-state index contributed by atoms with van der Waals surface area (Å²) in [5.74, 6) is 0.819. The molecule has 136 valence electrons. The summed E-state index contributed by atoms with van der Waals surface area (Å²) >= 11 is 0. The van der Waals surface area contributed by atoms with E-state index < -0.39 is 0 Å². The SMILES string of the molecule is COc1ccc(NC(=O)c2ccoc2)cc1OCc1cn2ccccc2n1. The Bertz CT molecular complexity index is 1040. The first-order valence-electron chi connectivity index (χ1n) is 8.30. The Morgan fingerprint density at radius 3 is 2.93 bits per heavy atom. The van der Waals surface area contributed by atoms with Crippen LogP contribution >= 0.6 is 0 Å². The van der Waals surface area contributed by atoms with Gasteiger partial charge in [-0.3, -0.25) is 4.79 Å². The summed E-state index contributed by atoms with van der Waals surface area (Å²) in [5.41, 5.74) is 2.67. The maximum absolute atomic E-state index is 12.2. The number of hydrogen-bond acceptors (Lipinski definition) is 5. The predicted octanol–water partition coefficient (Wildman–Crippen LogP) is 3.77. The van der Waals surface area contributed by atoms with Crippen molar-refractivity contribution in [2.45, 2.75) is 6.61 Å². The third-order valence-electron chi connectivity index (χ3n) is 3.99. The normalized spacial score (nSPS) is 10.7. The summed E-state index contributed by atoms with van der Waals surface area (Å²) in [4.78, 5) is 16.7. The number of fused-ring (bicyclic) bond motifs is 1. The first-order valence-corrected chi connectivity index (χ1v) is 8.30. The van der Waals surface area contributed by atoms with Crippen LogP contribution in [0.1, 0.15) is 16.1 Å². The summed E-state index contributed by atoms with van der Waals surface area (Å²) in [6.07, 6.45) is 6.68. The Hall–Kier alpha value is -3.74. The lowest BCUT2D eigenvalue weighted by atomic mass is 10.2. The van der Waals surface area contributed by atoms with E-state index in [1.807, 2.05) is 35.0 Å². The molecule has 0 saturated carbocycles. The van der Waals surface area contributed by atoms with Gasteiger partial charge < -0.3 is 23.6 Å². The average Bonchev–Trinajstić information content (AvgIpc) is 3.36. The van der Waals surface area contributed by atoms with Crippen molar-refractivity contribution in [2.75, 3.05) is 12.4 Å². The van der Waals surface area contributed by atoms with Crippen molar-refractivity contribution in [3.63, 3.8) is 0 Å². The number of amides is 1. The van der Waals surface area contributed by atoms with Crippen molar-refractivity contribution < 1.29 is 18.7 Å². The van der Waals surface area contributed by atoms with E-state index >= 15 is 0 Å². The molecule has 0 aliphatic rings. The summed E-state index contributed by atoms with van der Waals surface area (Å²) in [6, 6.07) is 12.6. The average molecular weight is 363 g/mol. The van der Waals surface area contributed by atoms with Crippen LogP contribution < -0.4 is 14.8 Å². The molecular weight excluding hydrogens is 346 g/mol. The second-order valence-electron chi connectivity index (χ2n) is 5.82. The summed E-state index contributed by atoms with van der Waals surface area (Å²) in [6.45, 7) is 0.275. The van der Waals surface area contributed by atoms with Crippen LogP contribution in [-0.4, -0.2) is 22.4 Å². The maximum atomic E-state index is 12.2. The van der Waals surface area contributed by atoms with Crippen LogP contribution in [-0.2, 0) is 6.61 Å². The van der Waals surface area contributed by atoms with Crippen molar-refractivity contribution >= 4 is 17.2 Å². The molecule has 1 N–H and O–H groups in total. The molecule has 0 aliphatic carbocycles. The quantitative estimate of drug-likeness (QED) is 0.564. The van der Waals surface area contributed by atoms with Crippen molar-refractivity contribution in [3.8, 4) is 11.5 Å². The van der Waals surface area contributed by atoms with E-state index in [2.05, 4.69) is 10.3 Å². The number of aromatic nitrogens is 2. The number of methoxy groups -OCH3 is 1. The summed E-state index contributed by atoms with van der Waals surface area (Å²) in [5, 5.41) is 2.80. The molecule has 1 amide bonds. The molecule has 3 aromatic heterocycles. The van der Waals surface area contributed by atoms with E-state index in [1.165, 1.54) is 12.5 Å². The van der Waals surface area contributed by atoms with Gasteiger partial charge in [-0.2, -0.15) is 0 Å². The molecule has 0 fully saturated rings. The molecule has 0 bridgehead atoms. The lowest BCUT2D eigenvalue weighted by Crippen LogP contribution is -2.11. The van der Waals surface area contributed by atoms with Gasteiger partial charge in [0.2, 0.25) is 0 Å². The van der Waals surface area contributed by atoms with E-state index in [4.69, 9.17) is 13.9 Å². The Balaban J connectivity index is 1.51. The molecule has 3 heterocycles. The minimum Gasteiger partial charge on any atom is -0.493 e. The fourth-order valence-corrected chi connectivity index (χ4v) is 2.67. The number of ether oxygens (including phenoxy) is 2. The molecular formula is C20H17N3O4. The van der Waals surface area contributed by atoms with Crippen LogP contribution in [0.25, 0.3) is 5.65 Å². The second kappa shape index (κ2) is 7.25. The zero-order chi connectivity index (χ0) is 18.6. The van der Waals surface area contributed by atoms with E-state index in [1.54, 1.807) is 31.4 Å². The Morgan fingerprint density at radius 2 is 2.15 bits per heavy atom. The number of carbonyl (C=O) groups excluding carboxylic acids is 1. The van der Waals surface area contributed by atoms with Gasteiger partial charge in [-0.25, -0.2) is 4.98 Å². The molecule has 7 heteroatoms. The number of hydrogen-bond donors (Lipinski definition) is 1. The Kier molecular flexibility index (Phi) is 4.49. The topological polar surface area (TPSA) is 78.0 Å². The number of rotatable bonds is 6. The van der Waals surface area contributed by atoms with E-state index in [0.29, 0.717) is 22.7 Å². The number of imidazole rings is 1. The van der Waals surface area contributed by atoms with Crippen molar-refractivity contribution in [1.82, 2.24) is 9.38 Å². The molecule has 0 radical (unpaired) electrons. The smallest absolute Gasteiger partial charge is 0.258 e. The van der Waals surface area contributed by atoms with Crippen LogP contribution in [0.2, 0.25) is 0 Å². The van der Waals surface area contributed by atoms with Crippen molar-refractivity contribution in [1.29, 1.82) is 0 Å². The highest BCUT2D eigenvalue weighted by molar-refractivity contribution is 6.04. The lowest BCUT2D eigenvalue weighted by molar-refractivity contribution is 0.102. The number of pyridine rings is 1. The third kappa shape index (κ3) is 3.62. The van der Waals surface area contributed by atoms with E-state index in [0.717, 1.165) is 11.3 Å². The minimum absolute atomic E-state index is 0.264. The van der Waals surface area contributed by atoms with Crippen LogP contribution in [0.4, 0.5) is 5.69 Å². The lowest BCUT2D eigenvalue weighted by Gasteiger charge is -2.12. The highest BCUT2D eigenvalue weighted by Gasteiger charge is 2.11. The maximum Gasteiger partial charge on any atom is 0.258 e. The number of anilines is 1. The molecule has 4 aromatic rings. The fourth-order valence-electron chi connectivity index (χ4n) is 2.67. The number of benzene rings is 1. The number of nitrogens with one attached hydrogen (secondary N) is 1. The van der Waals surface area contributed by atoms with Crippen LogP contribution in [0.3, 0.4) is 0 Å². The van der Waals surface area contributed by atoms with Gasteiger partial charge in [-0.15, -0.1) is 0 Å². The Labute approximate surface area is 155 Å². The highest BCUT2D eigenvalue weighted by atomic mass is 16.5. The number of carbonyl (C=O) groups is 1. The molecule has 0 unspecified atom stereocenters. The van der Waals surface area contributed by atoms with Gasteiger partial charge >= 0.3 is 0 Å². The van der Waals surface area contributed by atoms with Gasteiger partial charge in [0.15, 0.2) is 11.5 Å². The van der Waals surface area contributed by atoms with E-state index in [-0.39, 0.29) is 12.5 Å². The molecule has 0 saturated heterocycles. The monoisotopic (exact) mass is 363 g/mol. The summed E-state index contributed by atoms with van der Waals surface area (Å²) in [7, 11) is 1.57. The minimum atomic E-state index is -0.264. The zero-order valence-electron chi connectivity index (χ0n) is 14.6. The van der Waals surface area contributed by atoms with E-state index in [9.17, 15) is 4.79 Å². The summed E-state index contributed by atoms with van der Waals surface area (Å²) < 4.78 is 18.1. The first kappa shape index (κ1) is 16.7. The van der Waals surface area contributed by atoms with Crippen LogP contribution in [0, 0.1) is 0 Å². The van der Waals surface area contributed by atoms with Crippen LogP contribution in [0.15, 0.2) is 71.8 Å². The van der Waals surface area contributed by atoms with Crippen LogP contribution in [0.5, 0.6) is 11.5 Å². The molecule has 4 rings (SSSR count). The molecule has 0 atom stereocenters. The predicted molar refractivity (Wildman–Crippen MR) is 99.2 cm³/mol. The van der Waals surface area contributed by atoms with Gasteiger partial charge in [0.1, 0.15) is 18.5 Å². The largest absolute Gasteiger partial charge is 0.493 e. The standard InChI is InChI=1S/C20H17N3O4/c1-25-17-6-5-15(22-20(24)14-7-9-26-12-14)10-18(17)27-13-16-11-23-8-3-2-4-19(23)21-16/h2-12H,13H2,1H3,(H,22,24). The van der Waals surface area contributed by atoms with Crippen molar-refractivity contribution in [2.24, 2.45) is 0 Å². The number of nitrogens with zero attached hydrogens (tertiary/aromatic N) is 2. The van der Waals surface area contributed by atoms with Gasteiger partial charge in [-0.05, 0) is 30.3 Å². The van der Waals surface area contributed by atoms with Gasteiger partial charge in [-0.1, -0.05) is 6.07 Å². The molecule has 7 nitrogen and oxygen atoms in total. The Morgan fingerprint density at radius 1 is 1.22 bits per heavy atom. The highest BCUT2D eigenvalue weighted by Crippen LogP contribution is 2.31. The first-order chi connectivity index (χ1) is 13.2. The second-order valence-corrected chi connectivity index (χ2v) is 5.82.